The van der Waals surface area contributed by atoms with Gasteiger partial charge in [0.05, 0.1) is 4.90 Å². The van der Waals surface area contributed by atoms with Gasteiger partial charge in [-0.3, -0.25) is 4.79 Å². The van der Waals surface area contributed by atoms with Gasteiger partial charge in [-0.25, -0.2) is 0 Å². The summed E-state index contributed by atoms with van der Waals surface area (Å²) in [7, 11) is 0. The van der Waals surface area contributed by atoms with Crippen LogP contribution < -0.4 is 5.56 Å². The lowest BCUT2D eigenvalue weighted by Crippen LogP contribution is -2.11. The Hall–Kier alpha value is -2.57. The van der Waals surface area contributed by atoms with E-state index in [-0.39, 0.29) is 5.56 Å². The smallest absolute Gasteiger partial charge is 0.263 e. The van der Waals surface area contributed by atoms with Gasteiger partial charge in [0.2, 0.25) is 0 Å². The van der Waals surface area contributed by atoms with Crippen molar-refractivity contribution in [1.29, 1.82) is 0 Å². The van der Waals surface area contributed by atoms with E-state index in [4.69, 9.17) is 11.6 Å². The second kappa shape index (κ2) is 7.35. The van der Waals surface area contributed by atoms with Crippen LogP contribution in [-0.2, 0) is 6.54 Å². The third-order valence-electron chi connectivity index (χ3n) is 5.19. The van der Waals surface area contributed by atoms with Crippen LogP contribution in [0.1, 0.15) is 31.5 Å². The van der Waals surface area contributed by atoms with Crippen molar-refractivity contribution in [3.63, 3.8) is 0 Å². The summed E-state index contributed by atoms with van der Waals surface area (Å²) in [5, 5.41) is 11.1. The average molecular weight is 423 g/mol. The predicted molar refractivity (Wildman–Crippen MR) is 117 cm³/mol. The van der Waals surface area contributed by atoms with Gasteiger partial charge in [0.1, 0.15) is 5.82 Å². The molecular formula is C22H19ClN4OS. The third kappa shape index (κ3) is 3.36. The second-order valence-corrected chi connectivity index (χ2v) is 8.59. The number of fused-ring (bicyclic) bond motifs is 1. The number of nitrogens with one attached hydrogen (secondary N) is 1. The molecule has 7 heteroatoms. The minimum absolute atomic E-state index is 0.137. The highest BCUT2D eigenvalue weighted by atomic mass is 35.5. The molecule has 1 aliphatic rings. The number of hydrogen-bond acceptors (Lipinski definition) is 4. The second-order valence-electron chi connectivity index (χ2n) is 7.18. The quantitative estimate of drug-likeness (QED) is 0.462. The van der Waals surface area contributed by atoms with E-state index in [1.54, 1.807) is 6.07 Å². The summed E-state index contributed by atoms with van der Waals surface area (Å²) >= 11 is 7.67. The number of benzene rings is 2. The fraction of sp³-hybridized carbons (Fsp3) is 0.227. The third-order valence-corrected chi connectivity index (χ3v) is 6.51. The molecule has 1 saturated carbocycles. The van der Waals surface area contributed by atoms with Gasteiger partial charge in [0.25, 0.3) is 5.56 Å². The number of hydrogen-bond donors (Lipinski definition) is 1. The van der Waals surface area contributed by atoms with E-state index in [0.717, 1.165) is 52.4 Å². The van der Waals surface area contributed by atoms with E-state index in [1.807, 2.05) is 42.5 Å². The molecule has 146 valence electrons. The number of aromatic nitrogens is 4. The molecule has 29 heavy (non-hydrogen) atoms. The van der Waals surface area contributed by atoms with Gasteiger partial charge in [-0.1, -0.05) is 41.9 Å². The molecule has 5 nitrogen and oxygen atoms in total. The van der Waals surface area contributed by atoms with Crippen molar-refractivity contribution >= 4 is 34.3 Å². The average Bonchev–Trinajstić information content (AvgIpc) is 3.50. The molecule has 2 aromatic heterocycles. The van der Waals surface area contributed by atoms with Gasteiger partial charge in [0, 0.05) is 34.0 Å². The molecule has 2 aromatic carbocycles. The summed E-state index contributed by atoms with van der Waals surface area (Å²) in [4.78, 5) is 16.7. The molecule has 0 aliphatic heterocycles. The molecule has 0 atom stereocenters. The van der Waals surface area contributed by atoms with Crippen LogP contribution in [0.25, 0.3) is 22.0 Å². The highest BCUT2D eigenvalue weighted by molar-refractivity contribution is 7.99. The van der Waals surface area contributed by atoms with Gasteiger partial charge in [-0.05, 0) is 55.3 Å². The van der Waals surface area contributed by atoms with Crippen LogP contribution in [0.5, 0.6) is 0 Å². The SMILES string of the molecule is CCn1c(Sc2c(-c3ccccc3)c3cc(Cl)ccc3[nH]c2=O)nnc1C1CC1. The van der Waals surface area contributed by atoms with E-state index in [1.165, 1.54) is 11.8 Å². The van der Waals surface area contributed by atoms with E-state index in [9.17, 15) is 4.79 Å². The molecular weight excluding hydrogens is 404 g/mol. The maximum absolute atomic E-state index is 13.1. The number of H-pyrrole nitrogens is 1. The van der Waals surface area contributed by atoms with Crippen LogP contribution in [0, 0.1) is 0 Å². The lowest BCUT2D eigenvalue weighted by atomic mass is 10.0. The topological polar surface area (TPSA) is 63.6 Å². The largest absolute Gasteiger partial charge is 0.321 e. The fourth-order valence-corrected chi connectivity index (χ4v) is 4.89. The van der Waals surface area contributed by atoms with Crippen molar-refractivity contribution in [2.24, 2.45) is 0 Å². The Balaban J connectivity index is 1.73. The van der Waals surface area contributed by atoms with Gasteiger partial charge in [0.15, 0.2) is 5.16 Å². The number of rotatable bonds is 5. The Morgan fingerprint density at radius 1 is 1.17 bits per heavy atom. The first-order valence-corrected chi connectivity index (χ1v) is 10.9. The Kier molecular flexibility index (Phi) is 4.68. The maximum Gasteiger partial charge on any atom is 0.263 e. The Bertz CT molecular complexity index is 1260. The summed E-state index contributed by atoms with van der Waals surface area (Å²) in [5.41, 5.74) is 2.47. The zero-order valence-corrected chi connectivity index (χ0v) is 17.4. The Morgan fingerprint density at radius 3 is 2.69 bits per heavy atom. The molecule has 5 rings (SSSR count). The number of nitrogens with zero attached hydrogens (tertiary/aromatic N) is 3. The predicted octanol–water partition coefficient (Wildman–Crippen LogP) is 5.49. The molecule has 4 aromatic rings. The minimum atomic E-state index is -0.137. The molecule has 0 saturated heterocycles. The lowest BCUT2D eigenvalue weighted by molar-refractivity contribution is 0.643. The standard InChI is InChI=1S/C22H19ClN4OS/c1-2-27-20(14-8-9-14)25-26-22(27)29-19-18(13-6-4-3-5-7-13)16-12-15(23)10-11-17(16)24-21(19)28/h3-7,10-12,14H,2,8-9H2,1H3,(H,24,28). The first kappa shape index (κ1) is 18.5. The Labute approximate surface area is 177 Å². The van der Waals surface area contributed by atoms with Crippen molar-refractivity contribution in [2.75, 3.05) is 0 Å². The molecule has 0 unspecified atom stereocenters. The monoisotopic (exact) mass is 422 g/mol. The van der Waals surface area contributed by atoms with Crippen molar-refractivity contribution in [3.8, 4) is 11.1 Å². The van der Waals surface area contributed by atoms with E-state index < -0.39 is 0 Å². The first-order valence-electron chi connectivity index (χ1n) is 9.67. The molecule has 1 fully saturated rings. The number of halogens is 1. The summed E-state index contributed by atoms with van der Waals surface area (Å²) in [6.07, 6.45) is 2.32. The van der Waals surface area contributed by atoms with Crippen LogP contribution >= 0.6 is 23.4 Å². The van der Waals surface area contributed by atoms with Gasteiger partial charge in [-0.15, -0.1) is 10.2 Å². The van der Waals surface area contributed by atoms with Crippen LogP contribution in [-0.4, -0.2) is 19.7 Å². The Morgan fingerprint density at radius 2 is 1.97 bits per heavy atom. The fourth-order valence-electron chi connectivity index (χ4n) is 3.64. The van der Waals surface area contributed by atoms with Crippen molar-refractivity contribution < 1.29 is 0 Å². The molecule has 2 heterocycles. The lowest BCUT2D eigenvalue weighted by Gasteiger charge is -2.13. The van der Waals surface area contributed by atoms with Gasteiger partial charge in [-0.2, -0.15) is 0 Å². The maximum atomic E-state index is 13.1. The summed E-state index contributed by atoms with van der Waals surface area (Å²) < 4.78 is 2.12. The van der Waals surface area contributed by atoms with E-state index in [0.29, 0.717) is 15.8 Å². The van der Waals surface area contributed by atoms with Crippen molar-refractivity contribution in [3.05, 3.63) is 69.7 Å². The van der Waals surface area contributed by atoms with Crippen LogP contribution in [0.3, 0.4) is 0 Å². The van der Waals surface area contributed by atoms with Crippen molar-refractivity contribution in [1.82, 2.24) is 19.7 Å². The summed E-state index contributed by atoms with van der Waals surface area (Å²) in [5.74, 6) is 1.52. The van der Waals surface area contributed by atoms with Gasteiger partial charge >= 0.3 is 0 Å². The van der Waals surface area contributed by atoms with E-state index >= 15 is 0 Å². The summed E-state index contributed by atoms with van der Waals surface area (Å²) in [6.45, 7) is 2.86. The highest BCUT2D eigenvalue weighted by Gasteiger charge is 2.30. The number of pyridine rings is 1. The zero-order valence-electron chi connectivity index (χ0n) is 15.9. The minimum Gasteiger partial charge on any atom is -0.321 e. The van der Waals surface area contributed by atoms with Crippen LogP contribution in [0.15, 0.2) is 63.4 Å². The molecule has 0 radical (unpaired) electrons. The number of aromatic amines is 1. The molecule has 1 aliphatic carbocycles. The van der Waals surface area contributed by atoms with E-state index in [2.05, 4.69) is 26.7 Å². The van der Waals surface area contributed by atoms with Crippen LogP contribution in [0.4, 0.5) is 0 Å². The first-order chi connectivity index (χ1) is 14.2. The molecule has 0 spiro atoms. The van der Waals surface area contributed by atoms with Gasteiger partial charge < -0.3 is 9.55 Å². The zero-order chi connectivity index (χ0) is 20.0. The molecule has 0 bridgehead atoms. The van der Waals surface area contributed by atoms with Crippen molar-refractivity contribution in [2.45, 2.75) is 42.3 Å². The molecule has 1 N–H and O–H groups in total. The highest BCUT2D eigenvalue weighted by Crippen LogP contribution is 2.42. The summed E-state index contributed by atoms with van der Waals surface area (Å²) in [6, 6.07) is 15.5. The normalized spacial score (nSPS) is 13.9. The van der Waals surface area contributed by atoms with Crippen LogP contribution in [0.2, 0.25) is 5.02 Å². The molecule has 0 amide bonds.